The van der Waals surface area contributed by atoms with Gasteiger partial charge in [-0.25, -0.2) is 0 Å². The summed E-state index contributed by atoms with van der Waals surface area (Å²) in [6, 6.07) is 16.3. The van der Waals surface area contributed by atoms with Gasteiger partial charge < -0.3 is 14.7 Å². The van der Waals surface area contributed by atoms with E-state index in [9.17, 15) is 14.7 Å². The van der Waals surface area contributed by atoms with Crippen molar-refractivity contribution in [2.45, 2.75) is 18.9 Å². The van der Waals surface area contributed by atoms with Gasteiger partial charge in [-0.15, -0.1) is 0 Å². The molecule has 164 valence electrons. The highest BCUT2D eigenvalue weighted by molar-refractivity contribution is 5.96. The van der Waals surface area contributed by atoms with Crippen LogP contribution in [0.3, 0.4) is 0 Å². The molecule has 1 N–H and O–H groups in total. The molecular weight excluding hydrogens is 408 g/mol. The van der Waals surface area contributed by atoms with Gasteiger partial charge in [0, 0.05) is 13.7 Å². The minimum atomic E-state index is -0.681. The van der Waals surface area contributed by atoms with Crippen LogP contribution in [0.25, 0.3) is 0 Å². The van der Waals surface area contributed by atoms with Gasteiger partial charge in [-0.1, -0.05) is 48.5 Å². The van der Waals surface area contributed by atoms with Crippen LogP contribution in [-0.4, -0.2) is 52.7 Å². The number of aryl methyl sites for hydroxylation is 2. The summed E-state index contributed by atoms with van der Waals surface area (Å²) in [4.78, 5) is 28.3. The number of fused-ring (bicyclic) bond motifs is 3. The van der Waals surface area contributed by atoms with E-state index in [2.05, 4.69) is 29.4 Å². The van der Waals surface area contributed by atoms with Crippen LogP contribution in [0.15, 0.2) is 59.5 Å². The number of aromatic nitrogens is 2. The molecule has 0 unspecified atom stereocenters. The van der Waals surface area contributed by atoms with Crippen molar-refractivity contribution in [2.75, 3.05) is 31.9 Å². The van der Waals surface area contributed by atoms with Gasteiger partial charge in [-0.05, 0) is 35.1 Å². The topological polar surface area (TPSA) is 87.9 Å². The molecule has 3 aromatic rings. The van der Waals surface area contributed by atoms with E-state index in [1.165, 1.54) is 15.9 Å². The Morgan fingerprint density at radius 1 is 1.03 bits per heavy atom. The fraction of sp³-hybridized carbons (Fsp3) is 0.292. The zero-order valence-electron chi connectivity index (χ0n) is 17.8. The van der Waals surface area contributed by atoms with E-state index >= 15 is 0 Å². The molecule has 0 radical (unpaired) electrons. The molecule has 0 atom stereocenters. The summed E-state index contributed by atoms with van der Waals surface area (Å²) in [5.41, 5.74) is 3.87. The number of ether oxygens (including phenoxy) is 1. The summed E-state index contributed by atoms with van der Waals surface area (Å²) in [6.07, 6.45) is 2.86. The summed E-state index contributed by atoms with van der Waals surface area (Å²) in [6.45, 7) is 0.894. The van der Waals surface area contributed by atoms with Crippen molar-refractivity contribution in [3.05, 3.63) is 92.9 Å². The van der Waals surface area contributed by atoms with Crippen LogP contribution in [0.1, 0.15) is 38.8 Å². The van der Waals surface area contributed by atoms with Crippen molar-refractivity contribution in [3.8, 4) is 5.75 Å². The van der Waals surface area contributed by atoms with Crippen LogP contribution < -0.4 is 10.4 Å². The van der Waals surface area contributed by atoms with Crippen molar-refractivity contribution in [1.82, 2.24) is 14.8 Å². The SMILES string of the molecule is COCCN1CN(C2c3ccccc3CCc3ccccc32)n2ncc(=O)c(O)c2C1=O. The molecule has 1 aliphatic heterocycles. The first-order valence-electron chi connectivity index (χ1n) is 10.6. The van der Waals surface area contributed by atoms with Gasteiger partial charge in [-0.3, -0.25) is 14.6 Å². The number of nitrogens with zero attached hydrogens (tertiary/aromatic N) is 4. The molecule has 0 saturated carbocycles. The molecule has 1 aromatic heterocycles. The maximum Gasteiger partial charge on any atom is 0.279 e. The predicted octanol–water partition coefficient (Wildman–Crippen LogP) is 1.83. The van der Waals surface area contributed by atoms with Crippen molar-refractivity contribution in [1.29, 1.82) is 0 Å². The lowest BCUT2D eigenvalue weighted by Gasteiger charge is -2.43. The van der Waals surface area contributed by atoms with Crippen LogP contribution in [0.2, 0.25) is 0 Å². The Morgan fingerprint density at radius 3 is 2.28 bits per heavy atom. The second kappa shape index (κ2) is 8.12. The van der Waals surface area contributed by atoms with Crippen molar-refractivity contribution < 1.29 is 14.6 Å². The van der Waals surface area contributed by atoms with Gasteiger partial charge in [0.25, 0.3) is 5.91 Å². The first-order valence-corrected chi connectivity index (χ1v) is 10.6. The van der Waals surface area contributed by atoms with E-state index in [4.69, 9.17) is 4.74 Å². The molecule has 2 aliphatic rings. The molecule has 32 heavy (non-hydrogen) atoms. The first-order chi connectivity index (χ1) is 15.6. The number of aromatic hydroxyl groups is 1. The number of hydrogen-bond acceptors (Lipinski definition) is 6. The maximum absolute atomic E-state index is 13.2. The van der Waals surface area contributed by atoms with E-state index in [0.29, 0.717) is 13.2 Å². The quantitative estimate of drug-likeness (QED) is 0.677. The normalized spacial score (nSPS) is 15.7. The molecular formula is C24H24N4O4. The zero-order chi connectivity index (χ0) is 22.2. The Balaban J connectivity index is 1.74. The number of carbonyl (C=O) groups is 1. The lowest BCUT2D eigenvalue weighted by atomic mass is 9.94. The zero-order valence-corrected chi connectivity index (χ0v) is 17.8. The average molecular weight is 432 g/mol. The summed E-state index contributed by atoms with van der Waals surface area (Å²) in [5, 5.41) is 16.7. The molecule has 2 heterocycles. The van der Waals surface area contributed by atoms with E-state index < -0.39 is 17.1 Å². The van der Waals surface area contributed by atoms with Crippen LogP contribution in [-0.2, 0) is 17.6 Å². The lowest BCUT2D eigenvalue weighted by Crippen LogP contribution is -2.57. The Bertz CT molecular complexity index is 1190. The van der Waals surface area contributed by atoms with E-state index in [1.54, 1.807) is 12.0 Å². The molecule has 0 bridgehead atoms. The first kappa shape index (κ1) is 20.3. The molecule has 8 heteroatoms. The van der Waals surface area contributed by atoms with Gasteiger partial charge >= 0.3 is 0 Å². The second-order valence-electron chi connectivity index (χ2n) is 8.04. The summed E-state index contributed by atoms with van der Waals surface area (Å²) >= 11 is 0. The van der Waals surface area contributed by atoms with E-state index in [0.717, 1.165) is 30.2 Å². The molecule has 0 saturated heterocycles. The molecule has 5 rings (SSSR count). The van der Waals surface area contributed by atoms with Crippen LogP contribution in [0, 0.1) is 0 Å². The average Bonchev–Trinajstić information content (AvgIpc) is 2.98. The van der Waals surface area contributed by atoms with Crippen molar-refractivity contribution in [3.63, 3.8) is 0 Å². The summed E-state index contributed by atoms with van der Waals surface area (Å²) in [5.74, 6) is -1.04. The minimum Gasteiger partial charge on any atom is -0.502 e. The summed E-state index contributed by atoms with van der Waals surface area (Å²) in [7, 11) is 1.57. The van der Waals surface area contributed by atoms with Crippen LogP contribution in [0.5, 0.6) is 5.75 Å². The van der Waals surface area contributed by atoms with Gasteiger partial charge in [0.15, 0.2) is 11.4 Å². The molecule has 1 amide bonds. The third-order valence-electron chi connectivity index (χ3n) is 6.22. The van der Waals surface area contributed by atoms with Crippen LogP contribution >= 0.6 is 0 Å². The van der Waals surface area contributed by atoms with Gasteiger partial charge in [-0.2, -0.15) is 9.89 Å². The molecule has 1 aliphatic carbocycles. The number of rotatable bonds is 4. The number of hydrogen-bond donors (Lipinski definition) is 1. The van der Waals surface area contributed by atoms with Gasteiger partial charge in [0.1, 0.15) is 12.9 Å². The van der Waals surface area contributed by atoms with Crippen molar-refractivity contribution in [2.24, 2.45) is 0 Å². The number of methoxy groups -OCH3 is 1. The fourth-order valence-electron chi connectivity index (χ4n) is 4.65. The number of carbonyl (C=O) groups excluding carboxylic acids is 1. The van der Waals surface area contributed by atoms with Gasteiger partial charge in [0.05, 0.1) is 12.6 Å². The Labute approximate surface area is 185 Å². The molecule has 2 aromatic carbocycles. The Hall–Kier alpha value is -3.65. The monoisotopic (exact) mass is 432 g/mol. The highest BCUT2D eigenvalue weighted by Crippen LogP contribution is 2.37. The second-order valence-corrected chi connectivity index (χ2v) is 8.04. The largest absolute Gasteiger partial charge is 0.502 e. The third kappa shape index (κ3) is 3.23. The predicted molar refractivity (Wildman–Crippen MR) is 118 cm³/mol. The number of benzene rings is 2. The van der Waals surface area contributed by atoms with Gasteiger partial charge in [0.2, 0.25) is 5.43 Å². The maximum atomic E-state index is 13.2. The van der Waals surface area contributed by atoms with E-state index in [1.807, 2.05) is 29.3 Å². The Kier molecular flexibility index (Phi) is 5.14. The van der Waals surface area contributed by atoms with E-state index in [-0.39, 0.29) is 18.4 Å². The standard InChI is InChI=1S/C24H24N4O4/c1-32-13-12-26-15-27(28-22(24(26)31)23(30)20(29)14-25-28)21-18-8-4-2-6-16(18)10-11-17-7-3-5-9-19(17)21/h2-9,14,21,30H,10-13,15H2,1H3. The highest BCUT2D eigenvalue weighted by Gasteiger charge is 2.39. The molecule has 0 fully saturated rings. The number of amides is 1. The molecule has 8 nitrogen and oxygen atoms in total. The lowest BCUT2D eigenvalue weighted by molar-refractivity contribution is 0.0602. The summed E-state index contributed by atoms with van der Waals surface area (Å²) < 4.78 is 5.19. The Morgan fingerprint density at radius 2 is 1.66 bits per heavy atom. The van der Waals surface area contributed by atoms with Crippen molar-refractivity contribution >= 4 is 5.91 Å². The van der Waals surface area contributed by atoms with Crippen LogP contribution in [0.4, 0.5) is 0 Å². The fourth-order valence-corrected chi connectivity index (χ4v) is 4.65. The minimum absolute atomic E-state index is 0.126. The third-order valence-corrected chi connectivity index (χ3v) is 6.22. The smallest absolute Gasteiger partial charge is 0.279 e. The highest BCUT2D eigenvalue weighted by atomic mass is 16.5. The molecule has 0 spiro atoms.